The van der Waals surface area contributed by atoms with Gasteiger partial charge in [-0.15, -0.1) is 11.3 Å². The number of rotatable bonds is 4. The Bertz CT molecular complexity index is 524. The zero-order chi connectivity index (χ0) is 13.9. The molecule has 0 N–H and O–H groups in total. The molecule has 2 rings (SSSR count). The largest absolute Gasteiger partial charge is 0.232 e. The molecule has 0 amide bonds. The highest BCUT2D eigenvalue weighted by atomic mass is 32.1. The summed E-state index contributed by atoms with van der Waals surface area (Å²) in [6.45, 7) is 8.83. The lowest BCUT2D eigenvalue weighted by atomic mass is 9.91. The van der Waals surface area contributed by atoms with Crippen LogP contribution in [0.5, 0.6) is 0 Å². The van der Waals surface area contributed by atoms with Gasteiger partial charge in [0.1, 0.15) is 0 Å². The van der Waals surface area contributed by atoms with Crippen LogP contribution in [0.15, 0.2) is 23.6 Å². The molecule has 0 radical (unpaired) electrons. The highest BCUT2D eigenvalue weighted by Gasteiger charge is 2.18. The van der Waals surface area contributed by atoms with Gasteiger partial charge < -0.3 is 0 Å². The van der Waals surface area contributed by atoms with Crippen molar-refractivity contribution >= 4 is 11.3 Å². The Kier molecular flexibility index (Phi) is 4.35. The molecule has 2 heterocycles. The first-order valence-corrected chi connectivity index (χ1v) is 7.81. The molecule has 0 unspecified atom stereocenters. The average Bonchev–Trinajstić information content (AvgIpc) is 2.89. The molecule has 0 aliphatic heterocycles. The van der Waals surface area contributed by atoms with E-state index in [1.165, 1.54) is 18.5 Å². The molecule has 102 valence electrons. The highest BCUT2D eigenvalue weighted by molar-refractivity contribution is 7.13. The monoisotopic (exact) mass is 274 g/mol. The maximum absolute atomic E-state index is 4.75. The SMILES string of the molecule is CCCCc1cc(C(C)(C)C)nc(-c2cccs2)n1. The fourth-order valence-corrected chi connectivity index (χ4v) is 2.54. The van der Waals surface area contributed by atoms with Crippen molar-refractivity contribution in [2.45, 2.75) is 52.4 Å². The molecular weight excluding hydrogens is 252 g/mol. The smallest absolute Gasteiger partial charge is 0.169 e. The first-order chi connectivity index (χ1) is 9.00. The molecule has 0 fully saturated rings. The normalized spacial score (nSPS) is 11.8. The summed E-state index contributed by atoms with van der Waals surface area (Å²) in [6, 6.07) is 6.32. The van der Waals surface area contributed by atoms with E-state index in [0.29, 0.717) is 0 Å². The van der Waals surface area contributed by atoms with Gasteiger partial charge in [-0.2, -0.15) is 0 Å². The van der Waals surface area contributed by atoms with Crippen LogP contribution in [-0.2, 0) is 11.8 Å². The van der Waals surface area contributed by atoms with Crippen molar-refractivity contribution in [1.29, 1.82) is 0 Å². The summed E-state index contributed by atoms with van der Waals surface area (Å²) in [6.07, 6.45) is 3.42. The fraction of sp³-hybridized carbons (Fsp3) is 0.500. The van der Waals surface area contributed by atoms with Crippen LogP contribution < -0.4 is 0 Å². The van der Waals surface area contributed by atoms with Gasteiger partial charge in [0.05, 0.1) is 10.6 Å². The third-order valence-electron chi connectivity index (χ3n) is 3.08. The van der Waals surface area contributed by atoms with Gasteiger partial charge in [-0.05, 0) is 30.4 Å². The minimum absolute atomic E-state index is 0.0654. The second-order valence-electron chi connectivity index (χ2n) is 5.90. The van der Waals surface area contributed by atoms with Crippen LogP contribution in [-0.4, -0.2) is 9.97 Å². The first kappa shape index (κ1) is 14.2. The van der Waals surface area contributed by atoms with E-state index in [1.54, 1.807) is 11.3 Å². The van der Waals surface area contributed by atoms with Crippen LogP contribution in [0.1, 0.15) is 51.9 Å². The number of aryl methyl sites for hydroxylation is 1. The molecule has 0 saturated heterocycles. The molecule has 0 aliphatic carbocycles. The Morgan fingerprint density at radius 2 is 2.00 bits per heavy atom. The number of hydrogen-bond donors (Lipinski definition) is 0. The summed E-state index contributed by atoms with van der Waals surface area (Å²) in [4.78, 5) is 10.6. The van der Waals surface area contributed by atoms with Crippen LogP contribution in [0.25, 0.3) is 10.7 Å². The number of thiophene rings is 1. The van der Waals surface area contributed by atoms with E-state index >= 15 is 0 Å². The molecule has 0 atom stereocenters. The fourth-order valence-electron chi connectivity index (χ4n) is 1.88. The zero-order valence-corrected chi connectivity index (χ0v) is 13.0. The predicted molar refractivity (Wildman–Crippen MR) is 82.7 cm³/mol. The Morgan fingerprint density at radius 3 is 2.58 bits per heavy atom. The number of unbranched alkanes of at least 4 members (excludes halogenated alkanes) is 1. The van der Waals surface area contributed by atoms with Crippen molar-refractivity contribution in [2.75, 3.05) is 0 Å². The van der Waals surface area contributed by atoms with Crippen LogP contribution in [0, 0.1) is 0 Å². The lowest BCUT2D eigenvalue weighted by Crippen LogP contribution is -2.15. The molecule has 0 aliphatic rings. The van der Waals surface area contributed by atoms with Gasteiger partial charge in [0, 0.05) is 11.1 Å². The van der Waals surface area contributed by atoms with Crippen molar-refractivity contribution in [3.63, 3.8) is 0 Å². The van der Waals surface area contributed by atoms with Crippen LogP contribution in [0.3, 0.4) is 0 Å². The number of hydrogen-bond acceptors (Lipinski definition) is 3. The molecule has 2 aromatic heterocycles. The second kappa shape index (κ2) is 5.83. The Labute approximate surface area is 119 Å². The molecule has 19 heavy (non-hydrogen) atoms. The van der Waals surface area contributed by atoms with E-state index in [9.17, 15) is 0 Å². The third kappa shape index (κ3) is 3.63. The van der Waals surface area contributed by atoms with E-state index in [0.717, 1.165) is 22.8 Å². The van der Waals surface area contributed by atoms with Crippen LogP contribution in [0.4, 0.5) is 0 Å². The lowest BCUT2D eigenvalue weighted by Gasteiger charge is -2.19. The summed E-state index contributed by atoms with van der Waals surface area (Å²) in [7, 11) is 0. The van der Waals surface area contributed by atoms with Gasteiger partial charge in [-0.1, -0.05) is 40.2 Å². The molecule has 0 aromatic carbocycles. The maximum Gasteiger partial charge on any atom is 0.169 e. The van der Waals surface area contributed by atoms with Crippen LogP contribution >= 0.6 is 11.3 Å². The van der Waals surface area contributed by atoms with E-state index in [4.69, 9.17) is 9.97 Å². The Balaban J connectivity index is 2.43. The average molecular weight is 274 g/mol. The Hall–Kier alpha value is -1.22. The van der Waals surface area contributed by atoms with Crippen LogP contribution in [0.2, 0.25) is 0 Å². The number of nitrogens with zero attached hydrogens (tertiary/aromatic N) is 2. The molecular formula is C16H22N2S. The van der Waals surface area contributed by atoms with Gasteiger partial charge >= 0.3 is 0 Å². The molecule has 2 nitrogen and oxygen atoms in total. The molecule has 0 spiro atoms. The topological polar surface area (TPSA) is 25.8 Å². The predicted octanol–water partition coefficient (Wildman–Crippen LogP) is 4.85. The first-order valence-electron chi connectivity index (χ1n) is 6.93. The summed E-state index contributed by atoms with van der Waals surface area (Å²) >= 11 is 1.70. The zero-order valence-electron chi connectivity index (χ0n) is 12.2. The van der Waals surface area contributed by atoms with Crippen molar-refractivity contribution < 1.29 is 0 Å². The minimum atomic E-state index is 0.0654. The molecule has 0 saturated carbocycles. The standard InChI is InChI=1S/C16H22N2S/c1-5-6-8-12-11-14(16(2,3)4)18-15(17-12)13-9-7-10-19-13/h7,9-11H,5-6,8H2,1-4H3. The van der Waals surface area contributed by atoms with E-state index < -0.39 is 0 Å². The highest BCUT2D eigenvalue weighted by Crippen LogP contribution is 2.26. The Morgan fingerprint density at radius 1 is 1.21 bits per heavy atom. The van der Waals surface area contributed by atoms with E-state index in [2.05, 4.69) is 51.3 Å². The summed E-state index contributed by atoms with van der Waals surface area (Å²) in [5, 5.41) is 2.08. The minimum Gasteiger partial charge on any atom is -0.232 e. The van der Waals surface area contributed by atoms with Crippen molar-refractivity contribution in [1.82, 2.24) is 9.97 Å². The maximum atomic E-state index is 4.75. The molecule has 3 heteroatoms. The van der Waals surface area contributed by atoms with Gasteiger partial charge in [0.15, 0.2) is 5.82 Å². The van der Waals surface area contributed by atoms with E-state index in [-0.39, 0.29) is 5.41 Å². The summed E-state index contributed by atoms with van der Waals surface area (Å²) < 4.78 is 0. The third-order valence-corrected chi connectivity index (χ3v) is 3.94. The summed E-state index contributed by atoms with van der Waals surface area (Å²) in [5.41, 5.74) is 2.37. The lowest BCUT2D eigenvalue weighted by molar-refractivity contribution is 0.565. The van der Waals surface area contributed by atoms with Crippen molar-refractivity contribution in [3.8, 4) is 10.7 Å². The quantitative estimate of drug-likeness (QED) is 0.797. The molecule has 0 bridgehead atoms. The summed E-state index contributed by atoms with van der Waals surface area (Å²) in [5.74, 6) is 0.883. The van der Waals surface area contributed by atoms with E-state index in [1.807, 2.05) is 0 Å². The molecule has 2 aromatic rings. The van der Waals surface area contributed by atoms with Gasteiger partial charge in [0.2, 0.25) is 0 Å². The number of aromatic nitrogens is 2. The van der Waals surface area contributed by atoms with Gasteiger partial charge in [-0.25, -0.2) is 9.97 Å². The van der Waals surface area contributed by atoms with Gasteiger partial charge in [-0.3, -0.25) is 0 Å². The van der Waals surface area contributed by atoms with Crippen molar-refractivity contribution in [3.05, 3.63) is 35.0 Å². The van der Waals surface area contributed by atoms with Crippen molar-refractivity contribution in [2.24, 2.45) is 0 Å². The van der Waals surface area contributed by atoms with Gasteiger partial charge in [0.25, 0.3) is 0 Å². The second-order valence-corrected chi connectivity index (χ2v) is 6.85.